The number of methoxy groups -OCH3 is 1. The van der Waals surface area contributed by atoms with Crippen molar-refractivity contribution in [1.29, 1.82) is 0 Å². The number of nitrogens with zero attached hydrogens (tertiary/aromatic N) is 1. The summed E-state index contributed by atoms with van der Waals surface area (Å²) < 4.78 is 7.28. The molecule has 0 spiro atoms. The fraction of sp³-hybridized carbons (Fsp3) is 0.364. The molecule has 5 heteroatoms. The second-order valence-corrected chi connectivity index (χ2v) is 5.35. The van der Waals surface area contributed by atoms with Gasteiger partial charge in [-0.15, -0.1) is 0 Å². The molecular formula is C11H13BrN2OS. The lowest BCUT2D eigenvalue weighted by Crippen LogP contribution is -2.03. The van der Waals surface area contributed by atoms with Crippen LogP contribution in [-0.4, -0.2) is 25.2 Å². The summed E-state index contributed by atoms with van der Waals surface area (Å²) in [4.78, 5) is 4.50. The topological polar surface area (TPSA) is 34.1 Å². The van der Waals surface area contributed by atoms with Crippen LogP contribution in [0.2, 0.25) is 0 Å². The molecule has 86 valence electrons. The molecule has 1 aromatic heterocycles. The summed E-state index contributed by atoms with van der Waals surface area (Å²) in [6, 6.07) is 6.13. The number of benzene rings is 1. The van der Waals surface area contributed by atoms with Crippen molar-refractivity contribution in [3.63, 3.8) is 0 Å². The molecule has 0 aliphatic heterocycles. The third-order valence-electron chi connectivity index (χ3n) is 2.15. The first kappa shape index (κ1) is 11.8. The number of rotatable bonds is 5. The van der Waals surface area contributed by atoms with Crippen LogP contribution in [0.25, 0.3) is 10.2 Å². The van der Waals surface area contributed by atoms with Gasteiger partial charge in [-0.25, -0.2) is 4.98 Å². The van der Waals surface area contributed by atoms with Gasteiger partial charge >= 0.3 is 0 Å². The van der Waals surface area contributed by atoms with Crippen molar-refractivity contribution in [3.05, 3.63) is 22.7 Å². The maximum Gasteiger partial charge on any atom is 0.183 e. The molecule has 0 amide bonds. The van der Waals surface area contributed by atoms with Crippen molar-refractivity contribution in [1.82, 2.24) is 4.98 Å². The van der Waals surface area contributed by atoms with Gasteiger partial charge < -0.3 is 10.1 Å². The minimum atomic E-state index is 0.781. The van der Waals surface area contributed by atoms with E-state index >= 15 is 0 Å². The van der Waals surface area contributed by atoms with Gasteiger partial charge in [-0.2, -0.15) is 0 Å². The fourth-order valence-electron chi connectivity index (χ4n) is 1.39. The minimum Gasteiger partial charge on any atom is -0.385 e. The molecule has 16 heavy (non-hydrogen) atoms. The van der Waals surface area contributed by atoms with E-state index in [2.05, 4.69) is 32.3 Å². The third-order valence-corrected chi connectivity index (χ3v) is 3.62. The van der Waals surface area contributed by atoms with Gasteiger partial charge in [-0.3, -0.25) is 0 Å². The molecule has 0 saturated carbocycles. The van der Waals surface area contributed by atoms with E-state index < -0.39 is 0 Å². The first-order valence-electron chi connectivity index (χ1n) is 5.08. The maximum absolute atomic E-state index is 4.99. The van der Waals surface area contributed by atoms with E-state index in [1.807, 2.05) is 12.1 Å². The molecule has 0 atom stereocenters. The Bertz CT molecular complexity index is 472. The molecule has 0 aliphatic rings. The van der Waals surface area contributed by atoms with Crippen molar-refractivity contribution >= 4 is 42.6 Å². The van der Waals surface area contributed by atoms with Gasteiger partial charge in [0.1, 0.15) is 0 Å². The summed E-state index contributed by atoms with van der Waals surface area (Å²) >= 11 is 5.13. The van der Waals surface area contributed by atoms with Crippen LogP contribution in [0.1, 0.15) is 6.42 Å². The maximum atomic E-state index is 4.99. The van der Waals surface area contributed by atoms with Crippen molar-refractivity contribution in [2.24, 2.45) is 0 Å². The zero-order chi connectivity index (χ0) is 11.4. The normalized spacial score (nSPS) is 10.9. The SMILES string of the molecule is COCCCNc1nc2ccc(Br)cc2s1. The predicted octanol–water partition coefficient (Wildman–Crippen LogP) is 3.51. The second kappa shape index (κ2) is 5.61. The van der Waals surface area contributed by atoms with Crippen LogP contribution in [0.3, 0.4) is 0 Å². The molecule has 1 aromatic carbocycles. The largest absolute Gasteiger partial charge is 0.385 e. The van der Waals surface area contributed by atoms with E-state index in [4.69, 9.17) is 4.74 Å². The van der Waals surface area contributed by atoms with E-state index in [9.17, 15) is 0 Å². The van der Waals surface area contributed by atoms with Gasteiger partial charge in [-0.1, -0.05) is 27.3 Å². The summed E-state index contributed by atoms with van der Waals surface area (Å²) in [5.74, 6) is 0. The second-order valence-electron chi connectivity index (χ2n) is 3.40. The quantitative estimate of drug-likeness (QED) is 0.858. The van der Waals surface area contributed by atoms with Crippen LogP contribution in [0, 0.1) is 0 Å². The average Bonchev–Trinajstić information content (AvgIpc) is 2.66. The van der Waals surface area contributed by atoms with Gasteiger partial charge in [0.15, 0.2) is 5.13 Å². The summed E-state index contributed by atoms with van der Waals surface area (Å²) in [5, 5.41) is 4.28. The zero-order valence-corrected chi connectivity index (χ0v) is 11.4. The molecule has 0 bridgehead atoms. The highest BCUT2D eigenvalue weighted by Gasteiger charge is 2.03. The number of fused-ring (bicyclic) bond motifs is 1. The smallest absolute Gasteiger partial charge is 0.183 e. The molecule has 0 aliphatic carbocycles. The van der Waals surface area contributed by atoms with Crippen molar-refractivity contribution in [2.75, 3.05) is 25.6 Å². The molecule has 0 fully saturated rings. The Morgan fingerprint density at radius 3 is 3.19 bits per heavy atom. The lowest BCUT2D eigenvalue weighted by atomic mass is 10.3. The van der Waals surface area contributed by atoms with Crippen molar-refractivity contribution in [2.45, 2.75) is 6.42 Å². The number of halogens is 1. The van der Waals surface area contributed by atoms with Crippen molar-refractivity contribution < 1.29 is 4.74 Å². The lowest BCUT2D eigenvalue weighted by Gasteiger charge is -2.00. The van der Waals surface area contributed by atoms with Crippen LogP contribution in [0.4, 0.5) is 5.13 Å². The highest BCUT2D eigenvalue weighted by atomic mass is 79.9. The summed E-state index contributed by atoms with van der Waals surface area (Å²) in [6.45, 7) is 1.68. The molecule has 2 rings (SSSR count). The Morgan fingerprint density at radius 2 is 2.38 bits per heavy atom. The molecule has 0 saturated heterocycles. The van der Waals surface area contributed by atoms with Crippen LogP contribution in [-0.2, 0) is 4.74 Å². The number of aromatic nitrogens is 1. The average molecular weight is 301 g/mol. The molecular weight excluding hydrogens is 288 g/mol. The van der Waals surface area contributed by atoms with E-state index in [0.717, 1.165) is 34.7 Å². The van der Waals surface area contributed by atoms with Crippen LogP contribution < -0.4 is 5.32 Å². The van der Waals surface area contributed by atoms with E-state index in [1.165, 1.54) is 4.70 Å². The first-order valence-corrected chi connectivity index (χ1v) is 6.69. The van der Waals surface area contributed by atoms with E-state index in [0.29, 0.717) is 0 Å². The van der Waals surface area contributed by atoms with Crippen molar-refractivity contribution in [3.8, 4) is 0 Å². The van der Waals surface area contributed by atoms with Gasteiger partial charge in [0.2, 0.25) is 0 Å². The zero-order valence-electron chi connectivity index (χ0n) is 9.00. The lowest BCUT2D eigenvalue weighted by molar-refractivity contribution is 0.198. The highest BCUT2D eigenvalue weighted by Crippen LogP contribution is 2.28. The Morgan fingerprint density at radius 1 is 1.50 bits per heavy atom. The Hall–Kier alpha value is -0.650. The predicted molar refractivity (Wildman–Crippen MR) is 72.3 cm³/mol. The molecule has 0 radical (unpaired) electrons. The first-order chi connectivity index (χ1) is 7.79. The minimum absolute atomic E-state index is 0.781. The van der Waals surface area contributed by atoms with Gasteiger partial charge in [0, 0.05) is 24.7 Å². The van der Waals surface area contributed by atoms with Gasteiger partial charge in [-0.05, 0) is 24.6 Å². The third kappa shape index (κ3) is 2.93. The molecule has 0 unspecified atom stereocenters. The number of thiazole rings is 1. The monoisotopic (exact) mass is 300 g/mol. The van der Waals surface area contributed by atoms with Crippen LogP contribution >= 0.6 is 27.3 Å². The Labute approximate surface area is 107 Å². The summed E-state index contributed by atoms with van der Waals surface area (Å²) in [6.07, 6.45) is 0.996. The van der Waals surface area contributed by atoms with Crippen LogP contribution in [0.15, 0.2) is 22.7 Å². The highest BCUT2D eigenvalue weighted by molar-refractivity contribution is 9.10. The van der Waals surface area contributed by atoms with Gasteiger partial charge in [0.05, 0.1) is 10.2 Å². The van der Waals surface area contributed by atoms with E-state index in [-0.39, 0.29) is 0 Å². The number of ether oxygens (including phenoxy) is 1. The van der Waals surface area contributed by atoms with Gasteiger partial charge in [0.25, 0.3) is 0 Å². The number of hydrogen-bond acceptors (Lipinski definition) is 4. The molecule has 3 nitrogen and oxygen atoms in total. The number of anilines is 1. The Balaban J connectivity index is 2.02. The van der Waals surface area contributed by atoms with Crippen LogP contribution in [0.5, 0.6) is 0 Å². The summed E-state index contributed by atoms with van der Waals surface area (Å²) in [7, 11) is 1.72. The molecule has 1 N–H and O–H groups in total. The number of nitrogens with one attached hydrogen (secondary N) is 1. The Kier molecular flexibility index (Phi) is 4.15. The standard InChI is InChI=1S/C11H13BrN2OS/c1-15-6-2-5-13-11-14-9-4-3-8(12)7-10(9)16-11/h3-4,7H,2,5-6H2,1H3,(H,13,14). The molecule has 1 heterocycles. The fourth-order valence-corrected chi connectivity index (χ4v) is 2.83. The molecule has 2 aromatic rings. The number of hydrogen-bond donors (Lipinski definition) is 1. The summed E-state index contributed by atoms with van der Waals surface area (Å²) in [5.41, 5.74) is 1.04. The van der Waals surface area contributed by atoms with E-state index in [1.54, 1.807) is 18.4 Å².